The van der Waals surface area contributed by atoms with Gasteiger partial charge < -0.3 is 10.6 Å². The van der Waals surface area contributed by atoms with Crippen molar-refractivity contribution >= 4 is 29.1 Å². The lowest BCUT2D eigenvalue weighted by atomic mass is 10.2. The predicted molar refractivity (Wildman–Crippen MR) is 90.5 cm³/mol. The highest BCUT2D eigenvalue weighted by molar-refractivity contribution is 6.31. The van der Waals surface area contributed by atoms with Gasteiger partial charge in [-0.1, -0.05) is 41.9 Å². The van der Waals surface area contributed by atoms with Crippen LogP contribution in [0.1, 0.15) is 5.56 Å². The number of aromatic nitrogens is 2. The van der Waals surface area contributed by atoms with Gasteiger partial charge in [-0.2, -0.15) is 4.98 Å². The summed E-state index contributed by atoms with van der Waals surface area (Å²) in [5.74, 6) is 0.587. The quantitative estimate of drug-likeness (QED) is 0.717. The summed E-state index contributed by atoms with van der Waals surface area (Å²) < 4.78 is 13.6. The maximum atomic E-state index is 13.6. The molecule has 0 saturated carbocycles. The number of benzene rings is 2. The van der Waals surface area contributed by atoms with Gasteiger partial charge in [-0.15, -0.1) is 0 Å². The van der Waals surface area contributed by atoms with E-state index in [1.807, 2.05) is 24.3 Å². The van der Waals surface area contributed by atoms with E-state index < -0.39 is 0 Å². The number of hydrogen-bond acceptors (Lipinski definition) is 4. The van der Waals surface area contributed by atoms with Crippen LogP contribution in [0, 0.1) is 5.82 Å². The second-order valence-electron chi connectivity index (χ2n) is 4.82. The average molecular weight is 329 g/mol. The summed E-state index contributed by atoms with van der Waals surface area (Å²) in [7, 11) is 0. The Hall–Kier alpha value is -2.66. The third-order valence-electron chi connectivity index (χ3n) is 3.19. The molecule has 6 heteroatoms. The van der Waals surface area contributed by atoms with Crippen molar-refractivity contribution in [3.05, 3.63) is 77.2 Å². The Morgan fingerprint density at radius 3 is 2.61 bits per heavy atom. The molecule has 3 aromatic rings. The molecule has 0 radical (unpaired) electrons. The lowest BCUT2D eigenvalue weighted by Gasteiger charge is -2.09. The largest absolute Gasteiger partial charge is 0.366 e. The van der Waals surface area contributed by atoms with Crippen molar-refractivity contribution in [3.63, 3.8) is 0 Å². The van der Waals surface area contributed by atoms with Crippen molar-refractivity contribution in [2.75, 3.05) is 10.6 Å². The van der Waals surface area contributed by atoms with Crippen LogP contribution in [-0.4, -0.2) is 9.97 Å². The van der Waals surface area contributed by atoms with Crippen LogP contribution in [0.5, 0.6) is 0 Å². The fourth-order valence-corrected chi connectivity index (χ4v) is 2.23. The fourth-order valence-electron chi connectivity index (χ4n) is 2.03. The zero-order chi connectivity index (χ0) is 16.1. The second kappa shape index (κ2) is 7.07. The van der Waals surface area contributed by atoms with Crippen LogP contribution < -0.4 is 10.6 Å². The van der Waals surface area contributed by atoms with Crippen molar-refractivity contribution in [2.45, 2.75) is 6.54 Å². The predicted octanol–water partition coefficient (Wildman–Crippen LogP) is 4.62. The van der Waals surface area contributed by atoms with Gasteiger partial charge in [0.2, 0.25) is 5.95 Å². The van der Waals surface area contributed by atoms with Gasteiger partial charge in [-0.25, -0.2) is 9.37 Å². The van der Waals surface area contributed by atoms with Crippen molar-refractivity contribution in [2.24, 2.45) is 0 Å². The summed E-state index contributed by atoms with van der Waals surface area (Å²) in [6.45, 7) is 0.538. The normalized spacial score (nSPS) is 10.3. The summed E-state index contributed by atoms with van der Waals surface area (Å²) in [5, 5.41) is 6.73. The molecule has 116 valence electrons. The van der Waals surface area contributed by atoms with Gasteiger partial charge in [0.15, 0.2) is 0 Å². The molecule has 23 heavy (non-hydrogen) atoms. The highest BCUT2D eigenvalue weighted by atomic mass is 35.5. The zero-order valence-electron chi connectivity index (χ0n) is 12.1. The van der Waals surface area contributed by atoms with E-state index in [1.54, 1.807) is 30.5 Å². The highest BCUT2D eigenvalue weighted by Crippen LogP contribution is 2.19. The number of nitrogens with one attached hydrogen (secondary N) is 2. The number of halogens is 2. The Labute approximate surface area is 138 Å². The molecule has 2 N–H and O–H groups in total. The number of para-hydroxylation sites is 1. The monoisotopic (exact) mass is 328 g/mol. The molecule has 2 aromatic carbocycles. The molecule has 0 fully saturated rings. The molecule has 0 aliphatic carbocycles. The van der Waals surface area contributed by atoms with E-state index in [-0.39, 0.29) is 5.82 Å². The van der Waals surface area contributed by atoms with Crippen LogP contribution in [0.2, 0.25) is 5.02 Å². The molecule has 4 nitrogen and oxygen atoms in total. The highest BCUT2D eigenvalue weighted by Gasteiger charge is 2.05. The van der Waals surface area contributed by atoms with E-state index in [4.69, 9.17) is 11.6 Å². The minimum Gasteiger partial charge on any atom is -0.366 e. The maximum Gasteiger partial charge on any atom is 0.229 e. The van der Waals surface area contributed by atoms with E-state index in [2.05, 4.69) is 20.6 Å². The van der Waals surface area contributed by atoms with Crippen molar-refractivity contribution in [1.82, 2.24) is 9.97 Å². The molecular weight excluding hydrogens is 315 g/mol. The van der Waals surface area contributed by atoms with Crippen LogP contribution in [0.3, 0.4) is 0 Å². The van der Waals surface area contributed by atoms with Crippen molar-refractivity contribution < 1.29 is 4.39 Å². The van der Waals surface area contributed by atoms with Gasteiger partial charge in [0, 0.05) is 17.8 Å². The molecule has 0 unspecified atom stereocenters. The first-order chi connectivity index (χ1) is 11.2. The molecule has 0 saturated heterocycles. The maximum absolute atomic E-state index is 13.6. The molecule has 0 aliphatic rings. The Bertz CT molecular complexity index is 810. The smallest absolute Gasteiger partial charge is 0.229 e. The Kier molecular flexibility index (Phi) is 4.68. The SMILES string of the molecule is Fc1ccccc1Nc1nccc(NCc2ccccc2Cl)n1. The molecule has 0 bridgehead atoms. The topological polar surface area (TPSA) is 49.8 Å². The summed E-state index contributed by atoms with van der Waals surface area (Å²) in [6, 6.07) is 15.7. The number of anilines is 3. The second-order valence-corrected chi connectivity index (χ2v) is 5.22. The third-order valence-corrected chi connectivity index (χ3v) is 3.56. The zero-order valence-corrected chi connectivity index (χ0v) is 12.9. The average Bonchev–Trinajstić information content (AvgIpc) is 2.57. The third kappa shape index (κ3) is 3.96. The minimum atomic E-state index is -0.356. The van der Waals surface area contributed by atoms with Gasteiger partial charge in [0.1, 0.15) is 11.6 Å². The van der Waals surface area contributed by atoms with Gasteiger partial charge in [-0.3, -0.25) is 0 Å². The van der Waals surface area contributed by atoms with Crippen molar-refractivity contribution in [1.29, 1.82) is 0 Å². The van der Waals surface area contributed by atoms with E-state index in [0.717, 1.165) is 5.56 Å². The van der Waals surface area contributed by atoms with Crippen LogP contribution in [0.4, 0.5) is 21.8 Å². The minimum absolute atomic E-state index is 0.319. The molecule has 0 atom stereocenters. The summed E-state index contributed by atoms with van der Waals surface area (Å²) in [6.07, 6.45) is 1.60. The van der Waals surface area contributed by atoms with Gasteiger partial charge in [0.25, 0.3) is 0 Å². The van der Waals surface area contributed by atoms with Gasteiger partial charge in [0.05, 0.1) is 5.69 Å². The van der Waals surface area contributed by atoms with Gasteiger partial charge in [-0.05, 0) is 29.8 Å². The molecule has 1 heterocycles. The van der Waals surface area contributed by atoms with E-state index in [0.29, 0.717) is 29.0 Å². The van der Waals surface area contributed by atoms with Crippen LogP contribution in [0.15, 0.2) is 60.8 Å². The first kappa shape index (κ1) is 15.2. The van der Waals surface area contributed by atoms with Crippen molar-refractivity contribution in [3.8, 4) is 0 Å². The molecule has 0 spiro atoms. The lowest BCUT2D eigenvalue weighted by molar-refractivity contribution is 0.631. The van der Waals surface area contributed by atoms with Crippen LogP contribution in [-0.2, 0) is 6.54 Å². The standard InChI is InChI=1S/C17H14ClFN4/c18-13-6-2-1-5-12(13)11-21-16-9-10-20-17(23-16)22-15-8-4-3-7-14(15)19/h1-10H,11H2,(H2,20,21,22,23). The Balaban J connectivity index is 1.70. The molecule has 1 aromatic heterocycles. The van der Waals surface area contributed by atoms with E-state index >= 15 is 0 Å². The summed E-state index contributed by atoms with van der Waals surface area (Å²) in [4.78, 5) is 8.40. The molecule has 0 amide bonds. The van der Waals surface area contributed by atoms with Crippen LogP contribution in [0.25, 0.3) is 0 Å². The number of hydrogen-bond donors (Lipinski definition) is 2. The van der Waals surface area contributed by atoms with Gasteiger partial charge >= 0.3 is 0 Å². The fraction of sp³-hybridized carbons (Fsp3) is 0.0588. The number of nitrogens with zero attached hydrogens (tertiary/aromatic N) is 2. The molecule has 3 rings (SSSR count). The van der Waals surface area contributed by atoms with E-state index in [1.165, 1.54) is 6.07 Å². The summed E-state index contributed by atoms with van der Waals surface area (Å²) in [5.41, 5.74) is 1.30. The number of rotatable bonds is 5. The van der Waals surface area contributed by atoms with Crippen LogP contribution >= 0.6 is 11.6 Å². The van der Waals surface area contributed by atoms with E-state index in [9.17, 15) is 4.39 Å². The molecule has 0 aliphatic heterocycles. The Morgan fingerprint density at radius 2 is 1.78 bits per heavy atom. The summed E-state index contributed by atoms with van der Waals surface area (Å²) >= 11 is 6.12. The lowest BCUT2D eigenvalue weighted by Crippen LogP contribution is -2.05. The first-order valence-corrected chi connectivity index (χ1v) is 7.42. The molecular formula is C17H14ClFN4. The Morgan fingerprint density at radius 1 is 1.00 bits per heavy atom. The first-order valence-electron chi connectivity index (χ1n) is 7.04.